The molecular formula is C11H18N6O. The number of unbranched alkanes of at least 4 members (excludes halogenated alkanes) is 2. The topological polar surface area (TPSA) is 92.3 Å². The van der Waals surface area contributed by atoms with Crippen LogP contribution in [0, 0.1) is 0 Å². The van der Waals surface area contributed by atoms with Crippen LogP contribution in [-0.4, -0.2) is 39.9 Å². The molecule has 0 aromatic carbocycles. The van der Waals surface area contributed by atoms with Crippen molar-refractivity contribution in [2.45, 2.75) is 19.3 Å². The number of nitrogens with one attached hydrogen (secondary N) is 1. The van der Waals surface area contributed by atoms with E-state index in [0.717, 1.165) is 38.2 Å². The van der Waals surface area contributed by atoms with Gasteiger partial charge in [-0.3, -0.25) is 0 Å². The highest BCUT2D eigenvalue weighted by Crippen LogP contribution is 2.09. The zero-order valence-corrected chi connectivity index (χ0v) is 10.5. The van der Waals surface area contributed by atoms with E-state index in [1.54, 1.807) is 6.07 Å². The monoisotopic (exact) mass is 250 g/mol. The lowest BCUT2D eigenvalue weighted by atomic mass is 10.2. The van der Waals surface area contributed by atoms with Crippen LogP contribution in [0.1, 0.15) is 19.3 Å². The SMILES string of the molecule is CN(CCCCCN)c1ccc2n[nH]c(=O)n2n1. The van der Waals surface area contributed by atoms with Crippen molar-refractivity contribution in [3.05, 3.63) is 22.6 Å². The molecule has 98 valence electrons. The van der Waals surface area contributed by atoms with Gasteiger partial charge in [0.2, 0.25) is 0 Å². The number of nitrogens with zero attached hydrogens (tertiary/aromatic N) is 4. The molecule has 2 aromatic heterocycles. The van der Waals surface area contributed by atoms with E-state index in [2.05, 4.69) is 15.3 Å². The second kappa shape index (κ2) is 5.63. The van der Waals surface area contributed by atoms with Crippen molar-refractivity contribution in [2.24, 2.45) is 5.73 Å². The zero-order valence-electron chi connectivity index (χ0n) is 10.5. The smallest absolute Gasteiger partial charge is 0.358 e. The van der Waals surface area contributed by atoms with Crippen molar-refractivity contribution in [3.8, 4) is 0 Å². The summed E-state index contributed by atoms with van der Waals surface area (Å²) in [5, 5.41) is 10.4. The Morgan fingerprint density at radius 3 is 3.00 bits per heavy atom. The molecule has 7 nitrogen and oxygen atoms in total. The van der Waals surface area contributed by atoms with E-state index in [9.17, 15) is 4.79 Å². The first kappa shape index (κ1) is 12.6. The lowest BCUT2D eigenvalue weighted by molar-refractivity contribution is 0.672. The summed E-state index contributed by atoms with van der Waals surface area (Å²) in [7, 11) is 1.96. The third-order valence-corrected chi connectivity index (χ3v) is 2.85. The van der Waals surface area contributed by atoms with Gasteiger partial charge in [0.15, 0.2) is 5.65 Å². The molecular weight excluding hydrogens is 232 g/mol. The number of rotatable bonds is 6. The molecule has 18 heavy (non-hydrogen) atoms. The Bertz CT molecular complexity index is 560. The molecule has 0 saturated heterocycles. The normalized spacial score (nSPS) is 11.0. The van der Waals surface area contributed by atoms with Crippen molar-refractivity contribution in [2.75, 3.05) is 25.0 Å². The molecule has 0 saturated carbocycles. The number of H-pyrrole nitrogens is 1. The standard InChI is InChI=1S/C11H18N6O/c1-16(8-4-2-3-7-12)10-6-5-9-13-14-11(18)17(9)15-10/h5-6H,2-4,7-8,12H2,1H3,(H,14,18). The van der Waals surface area contributed by atoms with Crippen molar-refractivity contribution in [1.29, 1.82) is 0 Å². The zero-order chi connectivity index (χ0) is 13.0. The molecule has 0 spiro atoms. The maximum Gasteiger partial charge on any atom is 0.364 e. The lowest BCUT2D eigenvalue weighted by Crippen LogP contribution is -2.22. The summed E-state index contributed by atoms with van der Waals surface area (Å²) in [4.78, 5) is 13.4. The number of aromatic nitrogens is 4. The molecule has 0 aliphatic heterocycles. The quantitative estimate of drug-likeness (QED) is 0.703. The summed E-state index contributed by atoms with van der Waals surface area (Å²) in [5.41, 5.74) is 5.66. The third-order valence-electron chi connectivity index (χ3n) is 2.85. The molecule has 0 aliphatic carbocycles. The Morgan fingerprint density at radius 1 is 1.39 bits per heavy atom. The second-order valence-electron chi connectivity index (χ2n) is 4.26. The summed E-state index contributed by atoms with van der Waals surface area (Å²) < 4.78 is 1.27. The van der Waals surface area contributed by atoms with E-state index in [1.165, 1.54) is 4.52 Å². The molecule has 0 unspecified atom stereocenters. The van der Waals surface area contributed by atoms with Gasteiger partial charge in [0.1, 0.15) is 5.82 Å². The molecule has 2 aromatic rings. The van der Waals surface area contributed by atoms with Crippen molar-refractivity contribution in [1.82, 2.24) is 19.8 Å². The van der Waals surface area contributed by atoms with E-state index >= 15 is 0 Å². The van der Waals surface area contributed by atoms with Crippen LogP contribution < -0.4 is 16.3 Å². The molecule has 0 atom stereocenters. The van der Waals surface area contributed by atoms with E-state index in [4.69, 9.17) is 5.73 Å². The number of fused-ring (bicyclic) bond motifs is 1. The summed E-state index contributed by atoms with van der Waals surface area (Å²) in [5.74, 6) is 0.763. The Balaban J connectivity index is 2.05. The number of hydrogen-bond donors (Lipinski definition) is 2. The molecule has 7 heteroatoms. The van der Waals surface area contributed by atoms with Crippen LogP contribution in [0.3, 0.4) is 0 Å². The van der Waals surface area contributed by atoms with Crippen molar-refractivity contribution < 1.29 is 0 Å². The van der Waals surface area contributed by atoms with Crippen LogP contribution in [0.15, 0.2) is 16.9 Å². The largest absolute Gasteiger partial charge is 0.364 e. The Morgan fingerprint density at radius 2 is 2.22 bits per heavy atom. The highest BCUT2D eigenvalue weighted by Gasteiger charge is 2.06. The minimum Gasteiger partial charge on any atom is -0.358 e. The maximum atomic E-state index is 11.4. The van der Waals surface area contributed by atoms with Crippen molar-refractivity contribution in [3.63, 3.8) is 0 Å². The first-order valence-electron chi connectivity index (χ1n) is 6.08. The van der Waals surface area contributed by atoms with Crippen LogP contribution >= 0.6 is 0 Å². The van der Waals surface area contributed by atoms with Gasteiger partial charge in [-0.1, -0.05) is 6.42 Å². The van der Waals surface area contributed by atoms with E-state index < -0.39 is 0 Å². The van der Waals surface area contributed by atoms with Crippen LogP contribution in [0.2, 0.25) is 0 Å². The molecule has 0 fully saturated rings. The van der Waals surface area contributed by atoms with Gasteiger partial charge in [-0.05, 0) is 31.5 Å². The molecule has 0 amide bonds. The van der Waals surface area contributed by atoms with E-state index in [1.807, 2.05) is 18.0 Å². The summed E-state index contributed by atoms with van der Waals surface area (Å²) >= 11 is 0. The molecule has 0 bridgehead atoms. The van der Waals surface area contributed by atoms with Crippen molar-refractivity contribution >= 4 is 11.5 Å². The van der Waals surface area contributed by atoms with Gasteiger partial charge in [0, 0.05) is 13.6 Å². The predicted molar refractivity (Wildman–Crippen MR) is 69.8 cm³/mol. The first-order valence-corrected chi connectivity index (χ1v) is 6.08. The Hall–Kier alpha value is -1.89. The van der Waals surface area contributed by atoms with Gasteiger partial charge in [0.25, 0.3) is 0 Å². The van der Waals surface area contributed by atoms with Gasteiger partial charge in [-0.15, -0.1) is 5.10 Å². The summed E-state index contributed by atoms with van der Waals surface area (Å²) in [6, 6.07) is 3.63. The maximum absolute atomic E-state index is 11.4. The summed E-state index contributed by atoms with van der Waals surface area (Å²) in [6.07, 6.45) is 3.21. The number of nitrogens with two attached hydrogens (primary N) is 1. The van der Waals surface area contributed by atoms with Gasteiger partial charge in [-0.2, -0.15) is 9.61 Å². The predicted octanol–water partition coefficient (Wildman–Crippen LogP) is -0.0172. The third kappa shape index (κ3) is 2.67. The van der Waals surface area contributed by atoms with E-state index in [-0.39, 0.29) is 5.69 Å². The highest BCUT2D eigenvalue weighted by molar-refractivity contribution is 5.44. The minimum absolute atomic E-state index is 0.316. The van der Waals surface area contributed by atoms with Gasteiger partial charge in [-0.25, -0.2) is 9.89 Å². The average molecular weight is 250 g/mol. The second-order valence-corrected chi connectivity index (χ2v) is 4.26. The minimum atomic E-state index is -0.316. The molecule has 3 N–H and O–H groups in total. The number of hydrogen-bond acceptors (Lipinski definition) is 5. The van der Waals surface area contributed by atoms with Crippen LogP contribution in [0.25, 0.3) is 5.65 Å². The molecule has 2 heterocycles. The fourth-order valence-corrected chi connectivity index (χ4v) is 1.78. The fourth-order valence-electron chi connectivity index (χ4n) is 1.78. The Labute approximate surface area is 105 Å². The van der Waals surface area contributed by atoms with Gasteiger partial charge < -0.3 is 10.6 Å². The molecule has 0 aliphatic rings. The summed E-state index contributed by atoms with van der Waals surface area (Å²) in [6.45, 7) is 1.63. The number of aromatic amines is 1. The van der Waals surface area contributed by atoms with Gasteiger partial charge >= 0.3 is 5.69 Å². The average Bonchev–Trinajstić information content (AvgIpc) is 2.76. The first-order chi connectivity index (χ1) is 8.72. The highest BCUT2D eigenvalue weighted by atomic mass is 16.2. The fraction of sp³-hybridized carbons (Fsp3) is 0.545. The Kier molecular flexibility index (Phi) is 3.93. The van der Waals surface area contributed by atoms with Crippen LogP contribution in [0.4, 0.5) is 5.82 Å². The van der Waals surface area contributed by atoms with Gasteiger partial charge in [0.05, 0.1) is 0 Å². The van der Waals surface area contributed by atoms with Crippen LogP contribution in [0.5, 0.6) is 0 Å². The molecule has 0 radical (unpaired) electrons. The van der Waals surface area contributed by atoms with Crippen LogP contribution in [-0.2, 0) is 0 Å². The van der Waals surface area contributed by atoms with E-state index in [0.29, 0.717) is 5.65 Å². The molecule has 2 rings (SSSR count). The lowest BCUT2D eigenvalue weighted by Gasteiger charge is -2.17. The number of anilines is 1.